The summed E-state index contributed by atoms with van der Waals surface area (Å²) < 4.78 is 0.909. The van der Waals surface area contributed by atoms with E-state index in [0.717, 1.165) is 10.0 Å². The van der Waals surface area contributed by atoms with Crippen LogP contribution in [-0.4, -0.2) is 11.0 Å². The van der Waals surface area contributed by atoms with Gasteiger partial charge in [0.2, 0.25) is 0 Å². The third-order valence-electron chi connectivity index (χ3n) is 2.64. The summed E-state index contributed by atoms with van der Waals surface area (Å²) in [7, 11) is 0. The first kappa shape index (κ1) is 13.9. The van der Waals surface area contributed by atoms with Gasteiger partial charge in [0, 0.05) is 15.1 Å². The lowest BCUT2D eigenvalue weighted by atomic mass is 10.1. The number of nitrogens with one attached hydrogen (secondary N) is 1. The summed E-state index contributed by atoms with van der Waals surface area (Å²) in [4.78, 5) is 12.1. The fourth-order valence-corrected chi connectivity index (χ4v) is 2.33. The van der Waals surface area contributed by atoms with E-state index in [1.165, 1.54) is 12.1 Å². The number of phenols is 1. The highest BCUT2D eigenvalue weighted by Gasteiger charge is 2.11. The van der Waals surface area contributed by atoms with Crippen molar-refractivity contribution in [2.45, 2.75) is 6.92 Å². The van der Waals surface area contributed by atoms with E-state index in [1.54, 1.807) is 18.2 Å². The fraction of sp³-hybridized carbons (Fsp3) is 0.0714. The van der Waals surface area contributed by atoms with Crippen LogP contribution in [0.1, 0.15) is 15.9 Å². The standard InChI is InChI=1S/C14H11BrClNO2/c1-8-6-9(15)2-4-11(8)14(19)17-12-7-10(16)3-5-13(12)18/h2-7,18H,1H3,(H,17,19). The molecule has 3 nitrogen and oxygen atoms in total. The number of rotatable bonds is 2. The molecule has 0 saturated heterocycles. The van der Waals surface area contributed by atoms with Gasteiger partial charge in [-0.15, -0.1) is 0 Å². The largest absolute Gasteiger partial charge is 0.506 e. The van der Waals surface area contributed by atoms with Crippen LogP contribution in [0.15, 0.2) is 40.9 Å². The molecule has 0 radical (unpaired) electrons. The Balaban J connectivity index is 2.28. The number of carbonyl (C=O) groups excluding carboxylic acids is 1. The summed E-state index contributed by atoms with van der Waals surface area (Å²) in [5, 5.41) is 12.7. The van der Waals surface area contributed by atoms with Gasteiger partial charge in [-0.25, -0.2) is 0 Å². The molecule has 0 aromatic heterocycles. The van der Waals surface area contributed by atoms with Gasteiger partial charge in [0.15, 0.2) is 0 Å². The number of halogens is 2. The average molecular weight is 341 g/mol. The van der Waals surface area contributed by atoms with Crippen molar-refractivity contribution in [3.05, 3.63) is 57.0 Å². The number of hydrogen-bond donors (Lipinski definition) is 2. The maximum atomic E-state index is 12.1. The molecule has 0 saturated carbocycles. The van der Waals surface area contributed by atoms with E-state index in [9.17, 15) is 9.90 Å². The summed E-state index contributed by atoms with van der Waals surface area (Å²) in [6, 6.07) is 9.86. The van der Waals surface area contributed by atoms with Crippen molar-refractivity contribution in [3.63, 3.8) is 0 Å². The summed E-state index contributed by atoms with van der Waals surface area (Å²) in [5.41, 5.74) is 1.68. The molecule has 0 spiro atoms. The first-order chi connectivity index (χ1) is 8.97. The molecule has 0 fully saturated rings. The quantitative estimate of drug-likeness (QED) is 0.798. The Morgan fingerprint density at radius 1 is 1.26 bits per heavy atom. The highest BCUT2D eigenvalue weighted by Crippen LogP contribution is 2.27. The first-order valence-corrected chi connectivity index (χ1v) is 6.70. The molecule has 1 amide bonds. The van der Waals surface area contributed by atoms with Crippen LogP contribution in [-0.2, 0) is 0 Å². The van der Waals surface area contributed by atoms with Crippen LogP contribution in [0, 0.1) is 6.92 Å². The lowest BCUT2D eigenvalue weighted by Crippen LogP contribution is -2.13. The molecule has 2 N–H and O–H groups in total. The first-order valence-electron chi connectivity index (χ1n) is 5.53. The Morgan fingerprint density at radius 2 is 2.00 bits per heavy atom. The molecular formula is C14H11BrClNO2. The highest BCUT2D eigenvalue weighted by atomic mass is 79.9. The molecule has 0 bridgehead atoms. The Kier molecular flexibility index (Phi) is 4.12. The Morgan fingerprint density at radius 3 is 2.68 bits per heavy atom. The van der Waals surface area contributed by atoms with Gasteiger partial charge in [0.25, 0.3) is 5.91 Å². The minimum Gasteiger partial charge on any atom is -0.506 e. The maximum Gasteiger partial charge on any atom is 0.256 e. The van der Waals surface area contributed by atoms with Crippen molar-refractivity contribution in [3.8, 4) is 5.75 Å². The summed E-state index contributed by atoms with van der Waals surface area (Å²) in [5.74, 6) is -0.310. The van der Waals surface area contributed by atoms with Gasteiger partial charge in [-0.3, -0.25) is 4.79 Å². The predicted molar refractivity (Wildman–Crippen MR) is 79.9 cm³/mol. The Hall–Kier alpha value is -1.52. The lowest BCUT2D eigenvalue weighted by molar-refractivity contribution is 0.102. The minimum atomic E-state index is -0.289. The SMILES string of the molecule is Cc1cc(Br)ccc1C(=O)Nc1cc(Cl)ccc1O. The van der Waals surface area contributed by atoms with E-state index in [1.807, 2.05) is 13.0 Å². The number of hydrogen-bond acceptors (Lipinski definition) is 2. The number of amides is 1. The summed E-state index contributed by atoms with van der Waals surface area (Å²) in [6.45, 7) is 1.84. The number of phenolic OH excluding ortho intramolecular Hbond substituents is 1. The van der Waals surface area contributed by atoms with Crippen LogP contribution in [0.5, 0.6) is 5.75 Å². The molecule has 2 aromatic carbocycles. The van der Waals surface area contributed by atoms with Gasteiger partial charge >= 0.3 is 0 Å². The van der Waals surface area contributed by atoms with E-state index in [2.05, 4.69) is 21.2 Å². The van der Waals surface area contributed by atoms with Crippen LogP contribution in [0.4, 0.5) is 5.69 Å². The van der Waals surface area contributed by atoms with Gasteiger partial charge in [-0.2, -0.15) is 0 Å². The normalized spacial score (nSPS) is 10.3. The molecule has 2 aromatic rings. The van der Waals surface area contributed by atoms with Crippen molar-refractivity contribution in [1.82, 2.24) is 0 Å². The van der Waals surface area contributed by atoms with Crippen LogP contribution in [0.2, 0.25) is 5.02 Å². The van der Waals surface area contributed by atoms with Crippen molar-refractivity contribution in [2.75, 3.05) is 5.32 Å². The number of aromatic hydroxyl groups is 1. The molecule has 0 atom stereocenters. The average Bonchev–Trinajstić information content (AvgIpc) is 2.33. The lowest BCUT2D eigenvalue weighted by Gasteiger charge is -2.09. The zero-order valence-corrected chi connectivity index (χ0v) is 12.4. The molecular weight excluding hydrogens is 330 g/mol. The van der Waals surface area contributed by atoms with Gasteiger partial charge in [-0.05, 0) is 48.9 Å². The van der Waals surface area contributed by atoms with Crippen molar-refractivity contribution in [1.29, 1.82) is 0 Å². The molecule has 5 heteroatoms. The number of aryl methyl sites for hydroxylation is 1. The van der Waals surface area contributed by atoms with Crippen LogP contribution >= 0.6 is 27.5 Å². The molecule has 0 unspecified atom stereocenters. The topological polar surface area (TPSA) is 49.3 Å². The second-order valence-corrected chi connectivity index (χ2v) is 5.43. The monoisotopic (exact) mass is 339 g/mol. The van der Waals surface area contributed by atoms with Crippen molar-refractivity contribution >= 4 is 39.1 Å². The van der Waals surface area contributed by atoms with Gasteiger partial charge < -0.3 is 10.4 Å². The number of benzene rings is 2. The van der Waals surface area contributed by atoms with E-state index >= 15 is 0 Å². The molecule has 98 valence electrons. The molecule has 0 aliphatic heterocycles. The molecule has 0 heterocycles. The Bertz CT molecular complexity index is 643. The van der Waals surface area contributed by atoms with E-state index in [0.29, 0.717) is 16.3 Å². The second-order valence-electron chi connectivity index (χ2n) is 4.07. The van der Waals surface area contributed by atoms with Crippen molar-refractivity contribution in [2.24, 2.45) is 0 Å². The third kappa shape index (κ3) is 3.28. The van der Waals surface area contributed by atoms with E-state index in [-0.39, 0.29) is 11.7 Å². The molecule has 0 aliphatic carbocycles. The molecule has 2 rings (SSSR count). The van der Waals surface area contributed by atoms with Crippen LogP contribution < -0.4 is 5.32 Å². The predicted octanol–water partition coefficient (Wildman–Crippen LogP) is 4.37. The van der Waals surface area contributed by atoms with Gasteiger partial charge in [-0.1, -0.05) is 27.5 Å². The zero-order chi connectivity index (χ0) is 14.0. The van der Waals surface area contributed by atoms with Crippen LogP contribution in [0.3, 0.4) is 0 Å². The van der Waals surface area contributed by atoms with E-state index in [4.69, 9.17) is 11.6 Å². The number of anilines is 1. The minimum absolute atomic E-state index is 0.0208. The van der Waals surface area contributed by atoms with E-state index < -0.39 is 0 Å². The summed E-state index contributed by atoms with van der Waals surface area (Å²) >= 11 is 9.17. The van der Waals surface area contributed by atoms with Crippen LogP contribution in [0.25, 0.3) is 0 Å². The van der Waals surface area contributed by atoms with Gasteiger partial charge in [0.05, 0.1) is 5.69 Å². The zero-order valence-electron chi connectivity index (χ0n) is 10.1. The third-order valence-corrected chi connectivity index (χ3v) is 3.37. The smallest absolute Gasteiger partial charge is 0.256 e. The maximum absolute atomic E-state index is 12.1. The second kappa shape index (κ2) is 5.63. The number of carbonyl (C=O) groups is 1. The summed E-state index contributed by atoms with van der Waals surface area (Å²) in [6.07, 6.45) is 0. The fourth-order valence-electron chi connectivity index (χ4n) is 1.68. The van der Waals surface area contributed by atoms with Crippen molar-refractivity contribution < 1.29 is 9.90 Å². The molecule has 19 heavy (non-hydrogen) atoms. The van der Waals surface area contributed by atoms with Gasteiger partial charge in [0.1, 0.15) is 5.75 Å². The highest BCUT2D eigenvalue weighted by molar-refractivity contribution is 9.10. The Labute approximate surface area is 124 Å². The molecule has 0 aliphatic rings.